The van der Waals surface area contributed by atoms with Crippen molar-refractivity contribution in [3.63, 3.8) is 0 Å². The second kappa shape index (κ2) is 9.72. The van der Waals surface area contributed by atoms with Crippen LogP contribution < -0.4 is 9.47 Å². The normalized spacial score (nSPS) is 13.0. The number of aryl methyl sites for hydroxylation is 1. The third-order valence-electron chi connectivity index (χ3n) is 3.37. The van der Waals surface area contributed by atoms with E-state index in [1.807, 2.05) is 12.3 Å². The number of benzene rings is 1. The average molecular weight is 355 g/mol. The molecule has 0 aromatic heterocycles. The van der Waals surface area contributed by atoms with E-state index < -0.39 is 0 Å². The fourth-order valence-corrected chi connectivity index (χ4v) is 2.58. The molecule has 0 saturated carbocycles. The van der Waals surface area contributed by atoms with Gasteiger partial charge in [0.25, 0.3) is 0 Å². The van der Waals surface area contributed by atoms with Crippen molar-refractivity contribution in [2.24, 2.45) is 0 Å². The molecule has 4 heteroatoms. The van der Waals surface area contributed by atoms with Crippen molar-refractivity contribution in [3.8, 4) is 11.5 Å². The van der Waals surface area contributed by atoms with Gasteiger partial charge in [-0.1, -0.05) is 34.8 Å². The van der Waals surface area contributed by atoms with Crippen molar-refractivity contribution >= 4 is 15.9 Å². The van der Waals surface area contributed by atoms with Gasteiger partial charge < -0.3 is 14.2 Å². The van der Waals surface area contributed by atoms with E-state index in [0.717, 1.165) is 42.7 Å². The molecule has 0 bridgehead atoms. The monoisotopic (exact) mass is 354 g/mol. The van der Waals surface area contributed by atoms with Gasteiger partial charge in [-0.05, 0) is 49.5 Å². The van der Waals surface area contributed by atoms with Crippen molar-refractivity contribution in [2.75, 3.05) is 18.7 Å². The number of ether oxygens (including phenoxy) is 3. The van der Waals surface area contributed by atoms with E-state index in [1.54, 1.807) is 0 Å². The number of unbranched alkanes of at least 4 members (excludes halogenated alkanes) is 3. The average Bonchev–Trinajstić information content (AvgIpc) is 2.97. The van der Waals surface area contributed by atoms with Crippen LogP contribution in [0.25, 0.3) is 0 Å². The van der Waals surface area contributed by atoms with Crippen LogP contribution in [-0.4, -0.2) is 18.7 Å². The number of alkyl halides is 1. The molecule has 0 N–H and O–H groups in total. The summed E-state index contributed by atoms with van der Waals surface area (Å²) in [5.41, 5.74) is 1.26. The molecule has 0 unspecified atom stereocenters. The third-order valence-corrected chi connectivity index (χ3v) is 3.94. The summed E-state index contributed by atoms with van der Waals surface area (Å²) in [5, 5.41) is 1.10. The minimum absolute atomic E-state index is 0.335. The Labute approximate surface area is 135 Å². The van der Waals surface area contributed by atoms with Gasteiger partial charge in [0, 0.05) is 5.33 Å². The van der Waals surface area contributed by atoms with Crippen LogP contribution in [0.5, 0.6) is 11.5 Å². The van der Waals surface area contributed by atoms with E-state index >= 15 is 0 Å². The first-order valence-corrected chi connectivity index (χ1v) is 8.73. The summed E-state index contributed by atoms with van der Waals surface area (Å²) in [6.07, 6.45) is 10.8. The molecule has 1 aromatic rings. The number of fused-ring (bicyclic) bond motifs is 1. The Morgan fingerprint density at radius 2 is 1.95 bits per heavy atom. The Bertz CT molecular complexity index is 446. The van der Waals surface area contributed by atoms with Crippen LogP contribution in [0, 0.1) is 0 Å². The predicted octanol–water partition coefficient (Wildman–Crippen LogP) is 4.83. The van der Waals surface area contributed by atoms with Gasteiger partial charge in [-0.2, -0.15) is 0 Å². The van der Waals surface area contributed by atoms with Crippen LogP contribution >= 0.6 is 15.9 Å². The maximum absolute atomic E-state index is 5.49. The van der Waals surface area contributed by atoms with Gasteiger partial charge in [0.15, 0.2) is 11.5 Å². The molecule has 3 nitrogen and oxygen atoms in total. The lowest BCUT2D eigenvalue weighted by Gasteiger charge is -2.02. The summed E-state index contributed by atoms with van der Waals surface area (Å²) in [4.78, 5) is 0. The van der Waals surface area contributed by atoms with Gasteiger partial charge in [-0.25, -0.2) is 0 Å². The highest BCUT2D eigenvalue weighted by Crippen LogP contribution is 2.32. The van der Waals surface area contributed by atoms with Gasteiger partial charge >= 0.3 is 0 Å². The predicted molar refractivity (Wildman–Crippen MR) is 88.2 cm³/mol. The third kappa shape index (κ3) is 6.00. The maximum atomic E-state index is 5.49. The molecular formula is C17H23BrO3. The van der Waals surface area contributed by atoms with E-state index in [0.29, 0.717) is 6.79 Å². The Balaban J connectivity index is 1.54. The molecule has 0 saturated heterocycles. The number of allylic oxidation sites excluding steroid dienone is 1. The number of hydrogen-bond acceptors (Lipinski definition) is 3. The molecular weight excluding hydrogens is 332 g/mol. The van der Waals surface area contributed by atoms with Crippen LogP contribution in [-0.2, 0) is 11.2 Å². The number of hydrogen-bond donors (Lipinski definition) is 0. The zero-order chi connectivity index (χ0) is 14.8. The lowest BCUT2D eigenvalue weighted by Crippen LogP contribution is -1.92. The van der Waals surface area contributed by atoms with Gasteiger partial charge in [0.05, 0.1) is 12.9 Å². The zero-order valence-corrected chi connectivity index (χ0v) is 13.9. The van der Waals surface area contributed by atoms with Gasteiger partial charge in [0.1, 0.15) is 0 Å². The maximum Gasteiger partial charge on any atom is 0.231 e. The molecule has 21 heavy (non-hydrogen) atoms. The summed E-state index contributed by atoms with van der Waals surface area (Å²) >= 11 is 3.44. The van der Waals surface area contributed by atoms with Crippen molar-refractivity contribution in [3.05, 3.63) is 36.1 Å². The highest BCUT2D eigenvalue weighted by Gasteiger charge is 2.12. The second-order valence-corrected chi connectivity index (χ2v) is 5.87. The molecule has 1 aromatic carbocycles. The molecule has 0 radical (unpaired) electrons. The van der Waals surface area contributed by atoms with Crippen molar-refractivity contribution in [2.45, 2.75) is 38.5 Å². The first kappa shape index (κ1) is 16.2. The van der Waals surface area contributed by atoms with Crippen LogP contribution in [0.1, 0.15) is 37.7 Å². The minimum Gasteiger partial charge on any atom is -0.502 e. The molecule has 0 aliphatic carbocycles. The molecule has 2 rings (SSSR count). The van der Waals surface area contributed by atoms with Crippen LogP contribution in [0.4, 0.5) is 0 Å². The van der Waals surface area contributed by atoms with Crippen LogP contribution in [0.2, 0.25) is 0 Å². The summed E-state index contributed by atoms with van der Waals surface area (Å²) in [7, 11) is 0. The van der Waals surface area contributed by atoms with E-state index in [2.05, 4.69) is 34.1 Å². The summed E-state index contributed by atoms with van der Waals surface area (Å²) in [6.45, 7) is 1.16. The number of halogens is 1. The van der Waals surface area contributed by atoms with Crippen molar-refractivity contribution in [1.29, 1.82) is 0 Å². The summed E-state index contributed by atoms with van der Waals surface area (Å²) in [6, 6.07) is 6.12. The summed E-state index contributed by atoms with van der Waals surface area (Å²) < 4.78 is 16.2. The Morgan fingerprint density at radius 1 is 1.10 bits per heavy atom. The van der Waals surface area contributed by atoms with E-state index in [1.165, 1.54) is 24.8 Å². The van der Waals surface area contributed by atoms with Gasteiger partial charge in [-0.15, -0.1) is 0 Å². The molecule has 116 valence electrons. The first-order valence-electron chi connectivity index (χ1n) is 7.61. The minimum atomic E-state index is 0.335. The van der Waals surface area contributed by atoms with Gasteiger partial charge in [-0.3, -0.25) is 0 Å². The van der Waals surface area contributed by atoms with Gasteiger partial charge in [0.2, 0.25) is 6.79 Å². The van der Waals surface area contributed by atoms with E-state index in [4.69, 9.17) is 14.2 Å². The lowest BCUT2D eigenvalue weighted by molar-refractivity contribution is 0.174. The summed E-state index contributed by atoms with van der Waals surface area (Å²) in [5.74, 6) is 1.70. The molecule has 1 aliphatic rings. The largest absolute Gasteiger partial charge is 0.502 e. The fourth-order valence-electron chi connectivity index (χ4n) is 2.18. The Kier molecular flexibility index (Phi) is 7.50. The zero-order valence-electron chi connectivity index (χ0n) is 12.4. The highest BCUT2D eigenvalue weighted by atomic mass is 79.9. The van der Waals surface area contributed by atoms with E-state index in [9.17, 15) is 0 Å². The van der Waals surface area contributed by atoms with Crippen molar-refractivity contribution in [1.82, 2.24) is 0 Å². The molecule has 1 heterocycles. The molecule has 0 fully saturated rings. The lowest BCUT2D eigenvalue weighted by atomic mass is 10.1. The van der Waals surface area contributed by atoms with Crippen LogP contribution in [0.15, 0.2) is 30.5 Å². The quantitative estimate of drug-likeness (QED) is 0.342. The first-order chi connectivity index (χ1) is 10.4. The Hall–Kier alpha value is -1.16. The molecule has 0 atom stereocenters. The number of rotatable bonds is 10. The second-order valence-electron chi connectivity index (χ2n) is 5.07. The SMILES string of the molecule is BrCCCCCCOC=CCCc1ccc2c(c1)OCO2. The molecule has 0 amide bonds. The van der Waals surface area contributed by atoms with Crippen LogP contribution in [0.3, 0.4) is 0 Å². The smallest absolute Gasteiger partial charge is 0.231 e. The molecule has 1 aliphatic heterocycles. The topological polar surface area (TPSA) is 27.7 Å². The van der Waals surface area contributed by atoms with Crippen molar-refractivity contribution < 1.29 is 14.2 Å². The fraction of sp³-hybridized carbons (Fsp3) is 0.529. The Morgan fingerprint density at radius 3 is 2.86 bits per heavy atom. The van der Waals surface area contributed by atoms with E-state index in [-0.39, 0.29) is 0 Å². The molecule has 0 spiro atoms. The highest BCUT2D eigenvalue weighted by molar-refractivity contribution is 9.09. The standard InChI is InChI=1S/C17H23BrO3/c18-10-4-1-2-5-11-19-12-6-3-7-15-8-9-16-17(13-15)21-14-20-16/h6,8-9,12-13H,1-5,7,10-11,14H2.